The molecule has 0 radical (unpaired) electrons. The number of H-pyrrole nitrogens is 1. The lowest BCUT2D eigenvalue weighted by molar-refractivity contribution is 0.753. The summed E-state index contributed by atoms with van der Waals surface area (Å²) in [6.07, 6.45) is 0.956. The molecule has 0 fully saturated rings. The molecule has 5 heteroatoms. The highest BCUT2D eigenvalue weighted by Gasteiger charge is 2.06. The summed E-state index contributed by atoms with van der Waals surface area (Å²) in [4.78, 5) is 18.8. The highest BCUT2D eigenvalue weighted by atomic mass is 35.5. The van der Waals surface area contributed by atoms with Crippen molar-refractivity contribution in [1.82, 2.24) is 9.97 Å². The maximum atomic E-state index is 11.8. The number of aromatic nitrogens is 2. The SMILES string of the molecule is CCC(C)Nc1nc2cc(Cl)ccc2c(=O)[nH]1. The van der Waals surface area contributed by atoms with Crippen molar-refractivity contribution in [3.8, 4) is 0 Å². The average molecular weight is 252 g/mol. The number of aromatic amines is 1. The van der Waals surface area contributed by atoms with Crippen LogP contribution in [-0.4, -0.2) is 16.0 Å². The molecular weight excluding hydrogens is 238 g/mol. The van der Waals surface area contributed by atoms with E-state index in [2.05, 4.69) is 22.2 Å². The van der Waals surface area contributed by atoms with Gasteiger partial charge in [0.2, 0.25) is 5.95 Å². The van der Waals surface area contributed by atoms with E-state index in [0.717, 1.165) is 6.42 Å². The van der Waals surface area contributed by atoms with Gasteiger partial charge in [0.05, 0.1) is 10.9 Å². The molecule has 0 aliphatic heterocycles. The predicted molar refractivity (Wildman–Crippen MR) is 70.7 cm³/mol. The van der Waals surface area contributed by atoms with Crippen molar-refractivity contribution in [1.29, 1.82) is 0 Å². The first-order chi connectivity index (χ1) is 8.10. The van der Waals surface area contributed by atoms with E-state index < -0.39 is 0 Å². The molecule has 0 bridgehead atoms. The Hall–Kier alpha value is -1.55. The Morgan fingerprint density at radius 1 is 1.53 bits per heavy atom. The third kappa shape index (κ3) is 2.58. The van der Waals surface area contributed by atoms with E-state index >= 15 is 0 Å². The zero-order chi connectivity index (χ0) is 12.4. The van der Waals surface area contributed by atoms with Crippen LogP contribution in [0.1, 0.15) is 20.3 Å². The molecule has 0 aliphatic rings. The van der Waals surface area contributed by atoms with Gasteiger partial charge in [0, 0.05) is 11.1 Å². The number of hydrogen-bond acceptors (Lipinski definition) is 3. The molecule has 1 aromatic heterocycles. The molecule has 1 heterocycles. The molecule has 1 unspecified atom stereocenters. The Morgan fingerprint density at radius 2 is 2.29 bits per heavy atom. The molecule has 17 heavy (non-hydrogen) atoms. The van der Waals surface area contributed by atoms with Crippen molar-refractivity contribution >= 4 is 28.5 Å². The van der Waals surface area contributed by atoms with Crippen LogP contribution in [0.2, 0.25) is 5.02 Å². The molecule has 2 rings (SSSR count). The number of halogens is 1. The molecule has 1 aromatic carbocycles. The second-order valence-corrected chi connectivity index (χ2v) is 4.47. The Kier molecular flexibility index (Phi) is 3.33. The Bertz CT molecular complexity index is 594. The second-order valence-electron chi connectivity index (χ2n) is 4.03. The lowest BCUT2D eigenvalue weighted by Crippen LogP contribution is -2.19. The largest absolute Gasteiger partial charge is 0.353 e. The van der Waals surface area contributed by atoms with Crippen LogP contribution in [0.25, 0.3) is 10.9 Å². The van der Waals surface area contributed by atoms with Gasteiger partial charge in [-0.15, -0.1) is 0 Å². The van der Waals surface area contributed by atoms with Gasteiger partial charge < -0.3 is 5.32 Å². The molecular formula is C12H14ClN3O. The summed E-state index contributed by atoms with van der Waals surface area (Å²) in [7, 11) is 0. The number of benzene rings is 1. The number of anilines is 1. The standard InChI is InChI=1S/C12H14ClN3O/c1-3-7(2)14-12-15-10-6-8(13)4-5-9(10)11(17)16-12/h4-7H,3H2,1-2H3,(H2,14,15,16,17). The number of hydrogen-bond donors (Lipinski definition) is 2. The van der Waals surface area contributed by atoms with Crippen LogP contribution in [0.4, 0.5) is 5.95 Å². The van der Waals surface area contributed by atoms with E-state index in [1.807, 2.05) is 6.92 Å². The fraction of sp³-hybridized carbons (Fsp3) is 0.333. The Balaban J connectivity index is 2.50. The number of nitrogens with zero attached hydrogens (tertiary/aromatic N) is 1. The summed E-state index contributed by atoms with van der Waals surface area (Å²) in [5.74, 6) is 0.485. The van der Waals surface area contributed by atoms with Gasteiger partial charge in [-0.3, -0.25) is 9.78 Å². The van der Waals surface area contributed by atoms with E-state index in [9.17, 15) is 4.79 Å². The molecule has 2 aromatic rings. The first kappa shape index (κ1) is 11.9. The fourth-order valence-corrected chi connectivity index (χ4v) is 1.68. The quantitative estimate of drug-likeness (QED) is 0.882. The lowest BCUT2D eigenvalue weighted by atomic mass is 10.2. The third-order valence-electron chi connectivity index (χ3n) is 2.66. The van der Waals surface area contributed by atoms with Crippen LogP contribution < -0.4 is 10.9 Å². The fourth-order valence-electron chi connectivity index (χ4n) is 1.52. The van der Waals surface area contributed by atoms with Crippen molar-refractivity contribution in [3.05, 3.63) is 33.6 Å². The van der Waals surface area contributed by atoms with Crippen LogP contribution >= 0.6 is 11.6 Å². The van der Waals surface area contributed by atoms with Crippen LogP contribution in [0, 0.1) is 0 Å². The summed E-state index contributed by atoms with van der Waals surface area (Å²) >= 11 is 5.88. The summed E-state index contributed by atoms with van der Waals surface area (Å²) in [5.41, 5.74) is 0.449. The first-order valence-corrected chi connectivity index (χ1v) is 5.94. The second kappa shape index (κ2) is 4.75. The minimum atomic E-state index is -0.155. The summed E-state index contributed by atoms with van der Waals surface area (Å²) in [5, 5.41) is 4.25. The Morgan fingerprint density at radius 3 is 3.00 bits per heavy atom. The smallest absolute Gasteiger partial charge is 0.260 e. The van der Waals surface area contributed by atoms with Gasteiger partial charge in [-0.25, -0.2) is 4.98 Å². The maximum absolute atomic E-state index is 11.8. The van der Waals surface area contributed by atoms with Crippen molar-refractivity contribution in [2.24, 2.45) is 0 Å². The van der Waals surface area contributed by atoms with Gasteiger partial charge in [-0.1, -0.05) is 18.5 Å². The van der Waals surface area contributed by atoms with Gasteiger partial charge >= 0.3 is 0 Å². The van der Waals surface area contributed by atoms with Crippen molar-refractivity contribution in [2.45, 2.75) is 26.3 Å². The molecule has 90 valence electrons. The Labute approximate surface area is 104 Å². The molecule has 2 N–H and O–H groups in total. The van der Waals surface area contributed by atoms with Crippen LogP contribution in [0.15, 0.2) is 23.0 Å². The average Bonchev–Trinajstić information content (AvgIpc) is 2.28. The minimum Gasteiger partial charge on any atom is -0.353 e. The number of nitrogens with one attached hydrogen (secondary N) is 2. The highest BCUT2D eigenvalue weighted by molar-refractivity contribution is 6.31. The maximum Gasteiger partial charge on any atom is 0.260 e. The molecule has 0 saturated carbocycles. The van der Waals surface area contributed by atoms with Crippen LogP contribution in [0.3, 0.4) is 0 Å². The number of rotatable bonds is 3. The molecule has 0 saturated heterocycles. The zero-order valence-corrected chi connectivity index (χ0v) is 10.5. The van der Waals surface area contributed by atoms with Gasteiger partial charge in [0.15, 0.2) is 0 Å². The summed E-state index contributed by atoms with van der Waals surface area (Å²) in [6, 6.07) is 5.31. The van der Waals surface area contributed by atoms with Crippen molar-refractivity contribution < 1.29 is 0 Å². The first-order valence-electron chi connectivity index (χ1n) is 5.56. The monoisotopic (exact) mass is 251 g/mol. The zero-order valence-electron chi connectivity index (χ0n) is 9.75. The van der Waals surface area contributed by atoms with Gasteiger partial charge in [0.1, 0.15) is 0 Å². The molecule has 0 amide bonds. The van der Waals surface area contributed by atoms with Crippen LogP contribution in [0.5, 0.6) is 0 Å². The third-order valence-corrected chi connectivity index (χ3v) is 2.90. The summed E-state index contributed by atoms with van der Waals surface area (Å²) in [6.45, 7) is 4.09. The van der Waals surface area contributed by atoms with E-state index in [0.29, 0.717) is 21.9 Å². The summed E-state index contributed by atoms with van der Waals surface area (Å²) < 4.78 is 0. The number of fused-ring (bicyclic) bond motifs is 1. The lowest BCUT2D eigenvalue weighted by Gasteiger charge is -2.11. The molecule has 4 nitrogen and oxygen atoms in total. The predicted octanol–water partition coefficient (Wildman–Crippen LogP) is 2.79. The van der Waals surface area contributed by atoms with E-state index in [4.69, 9.17) is 11.6 Å². The van der Waals surface area contributed by atoms with E-state index in [1.165, 1.54) is 0 Å². The van der Waals surface area contributed by atoms with Gasteiger partial charge in [-0.2, -0.15) is 0 Å². The van der Waals surface area contributed by atoms with Crippen molar-refractivity contribution in [2.75, 3.05) is 5.32 Å². The van der Waals surface area contributed by atoms with Crippen molar-refractivity contribution in [3.63, 3.8) is 0 Å². The van der Waals surface area contributed by atoms with E-state index in [-0.39, 0.29) is 11.6 Å². The molecule has 0 spiro atoms. The topological polar surface area (TPSA) is 57.8 Å². The molecule has 1 atom stereocenters. The molecule has 0 aliphatic carbocycles. The van der Waals surface area contributed by atoms with Crippen LogP contribution in [-0.2, 0) is 0 Å². The highest BCUT2D eigenvalue weighted by Crippen LogP contribution is 2.15. The normalized spacial score (nSPS) is 12.6. The minimum absolute atomic E-state index is 0.155. The van der Waals surface area contributed by atoms with Gasteiger partial charge in [-0.05, 0) is 31.5 Å². The van der Waals surface area contributed by atoms with Gasteiger partial charge in [0.25, 0.3) is 5.56 Å². The van der Waals surface area contributed by atoms with E-state index in [1.54, 1.807) is 18.2 Å².